The van der Waals surface area contributed by atoms with Crippen LogP contribution in [0.25, 0.3) is 0 Å². The highest BCUT2D eigenvalue weighted by Gasteiger charge is 2.12. The summed E-state index contributed by atoms with van der Waals surface area (Å²) in [6, 6.07) is 15.0. The topological polar surface area (TPSA) is 75.7 Å². The third kappa shape index (κ3) is 10.6. The van der Waals surface area contributed by atoms with Crippen LogP contribution < -0.4 is 5.32 Å². The van der Waals surface area contributed by atoms with Gasteiger partial charge in [0.05, 0.1) is 5.56 Å². The van der Waals surface area contributed by atoms with Crippen molar-refractivity contribution >= 4 is 18.3 Å². The summed E-state index contributed by atoms with van der Waals surface area (Å²) in [7, 11) is 3.38. The van der Waals surface area contributed by atoms with Crippen LogP contribution in [0.1, 0.15) is 29.3 Å². The van der Waals surface area contributed by atoms with Gasteiger partial charge in [-0.15, -0.1) is 0 Å². The summed E-state index contributed by atoms with van der Waals surface area (Å²) < 4.78 is 17.7. The fourth-order valence-corrected chi connectivity index (χ4v) is 2.22. The second kappa shape index (κ2) is 13.0. The quantitative estimate of drug-likeness (QED) is 0.544. The zero-order chi connectivity index (χ0) is 21.6. The lowest BCUT2D eigenvalue weighted by molar-refractivity contribution is -0.124. The van der Waals surface area contributed by atoms with Crippen molar-refractivity contribution in [3.8, 4) is 0 Å². The van der Waals surface area contributed by atoms with E-state index in [1.54, 1.807) is 14.1 Å². The Morgan fingerprint density at radius 3 is 2.24 bits per heavy atom. The molecule has 2 aromatic rings. The van der Waals surface area contributed by atoms with Crippen LogP contribution in [0.2, 0.25) is 0 Å². The number of nitrogens with zero attached hydrogens (tertiary/aromatic N) is 1. The second-order valence-corrected chi connectivity index (χ2v) is 6.64. The van der Waals surface area contributed by atoms with Crippen molar-refractivity contribution in [2.45, 2.75) is 25.8 Å². The number of benzene rings is 2. The van der Waals surface area contributed by atoms with Crippen molar-refractivity contribution in [3.05, 3.63) is 71.5 Å². The van der Waals surface area contributed by atoms with Gasteiger partial charge >= 0.3 is 5.97 Å². The standard InChI is InChI=1S/C19H20FNO3.C3H7NO/c1-14(7-8-15-5-3-2-4-6-15)21-18(22)13-24-19(23)16-9-11-17(20)12-10-16;1-4(2)3-5/h2-6,9-12,14H,7-8,13H2,1H3,(H,21,22);3H,1-2H3. The lowest BCUT2D eigenvalue weighted by Gasteiger charge is -2.14. The molecule has 0 aromatic heterocycles. The van der Waals surface area contributed by atoms with Crippen LogP contribution >= 0.6 is 0 Å². The fraction of sp³-hybridized carbons (Fsp3) is 0.318. The van der Waals surface area contributed by atoms with Gasteiger partial charge in [0.2, 0.25) is 6.41 Å². The highest BCUT2D eigenvalue weighted by Crippen LogP contribution is 2.06. The lowest BCUT2D eigenvalue weighted by atomic mass is 10.1. The van der Waals surface area contributed by atoms with E-state index >= 15 is 0 Å². The van der Waals surface area contributed by atoms with Crippen LogP contribution in [0.4, 0.5) is 4.39 Å². The van der Waals surface area contributed by atoms with Crippen LogP contribution in [0.15, 0.2) is 54.6 Å². The molecule has 1 N–H and O–H groups in total. The summed E-state index contributed by atoms with van der Waals surface area (Å²) in [6.07, 6.45) is 2.40. The maximum atomic E-state index is 12.8. The van der Waals surface area contributed by atoms with Gasteiger partial charge < -0.3 is 15.0 Å². The number of nitrogens with one attached hydrogen (secondary N) is 1. The smallest absolute Gasteiger partial charge is 0.338 e. The molecule has 156 valence electrons. The van der Waals surface area contributed by atoms with E-state index in [-0.39, 0.29) is 24.1 Å². The Kier molecular flexibility index (Phi) is 10.7. The lowest BCUT2D eigenvalue weighted by Crippen LogP contribution is -2.36. The molecule has 2 aromatic carbocycles. The minimum atomic E-state index is -0.651. The first-order chi connectivity index (χ1) is 13.8. The molecule has 0 fully saturated rings. The van der Waals surface area contributed by atoms with Gasteiger partial charge in [0.1, 0.15) is 5.82 Å². The Hall–Kier alpha value is -3.22. The largest absolute Gasteiger partial charge is 0.452 e. The summed E-state index contributed by atoms with van der Waals surface area (Å²) in [4.78, 5) is 34.4. The molecule has 0 saturated carbocycles. The van der Waals surface area contributed by atoms with Crippen molar-refractivity contribution in [1.82, 2.24) is 10.2 Å². The number of aryl methyl sites for hydroxylation is 1. The number of carbonyl (C=O) groups excluding carboxylic acids is 3. The predicted molar refractivity (Wildman–Crippen MR) is 109 cm³/mol. The van der Waals surface area contributed by atoms with Gasteiger partial charge in [-0.3, -0.25) is 9.59 Å². The predicted octanol–water partition coefficient (Wildman–Crippen LogP) is 2.82. The van der Waals surface area contributed by atoms with Gasteiger partial charge in [0.15, 0.2) is 6.61 Å². The maximum Gasteiger partial charge on any atom is 0.338 e. The summed E-state index contributed by atoms with van der Waals surface area (Å²) in [5.41, 5.74) is 1.42. The third-order valence-electron chi connectivity index (χ3n) is 3.74. The monoisotopic (exact) mass is 402 g/mol. The second-order valence-electron chi connectivity index (χ2n) is 6.64. The highest BCUT2D eigenvalue weighted by molar-refractivity contribution is 5.91. The van der Waals surface area contributed by atoms with Crippen molar-refractivity contribution in [3.63, 3.8) is 0 Å². The molecule has 2 amide bonds. The van der Waals surface area contributed by atoms with Crippen molar-refractivity contribution in [2.24, 2.45) is 0 Å². The summed E-state index contributed by atoms with van der Waals surface area (Å²) in [5.74, 6) is -1.44. The van der Waals surface area contributed by atoms with Crippen LogP contribution in [-0.2, 0) is 20.7 Å². The molecule has 29 heavy (non-hydrogen) atoms. The zero-order valence-electron chi connectivity index (χ0n) is 16.9. The Morgan fingerprint density at radius 1 is 1.10 bits per heavy atom. The molecule has 0 aliphatic heterocycles. The van der Waals surface area contributed by atoms with Crippen molar-refractivity contribution in [2.75, 3.05) is 20.7 Å². The number of amides is 2. The van der Waals surface area contributed by atoms with Crippen molar-refractivity contribution < 1.29 is 23.5 Å². The Morgan fingerprint density at radius 2 is 1.69 bits per heavy atom. The molecule has 0 aliphatic carbocycles. The number of hydrogen-bond acceptors (Lipinski definition) is 4. The molecule has 7 heteroatoms. The first-order valence-electron chi connectivity index (χ1n) is 9.19. The third-order valence-corrected chi connectivity index (χ3v) is 3.74. The van der Waals surface area contributed by atoms with Gasteiger partial charge in [-0.1, -0.05) is 30.3 Å². The van der Waals surface area contributed by atoms with E-state index in [4.69, 9.17) is 4.74 Å². The van der Waals surface area contributed by atoms with E-state index in [1.165, 1.54) is 34.7 Å². The molecule has 0 saturated heterocycles. The number of ether oxygens (including phenoxy) is 1. The van der Waals surface area contributed by atoms with Gasteiger partial charge in [-0.05, 0) is 49.6 Å². The number of hydrogen-bond donors (Lipinski definition) is 1. The molecule has 0 aliphatic rings. The van der Waals surface area contributed by atoms with E-state index in [1.807, 2.05) is 37.3 Å². The van der Waals surface area contributed by atoms with Gasteiger partial charge in [0, 0.05) is 20.1 Å². The summed E-state index contributed by atoms with van der Waals surface area (Å²) >= 11 is 0. The average molecular weight is 402 g/mol. The molecule has 2 rings (SSSR count). The first kappa shape index (κ1) is 23.8. The Labute approximate surface area is 170 Å². The van der Waals surface area contributed by atoms with Crippen LogP contribution in [0.5, 0.6) is 0 Å². The van der Waals surface area contributed by atoms with Gasteiger partial charge in [-0.2, -0.15) is 0 Å². The minimum absolute atomic E-state index is 0.0257. The normalized spacial score (nSPS) is 10.8. The molecule has 1 unspecified atom stereocenters. The van der Waals surface area contributed by atoms with Crippen LogP contribution in [0, 0.1) is 5.82 Å². The Balaban J connectivity index is 0.000000749. The number of rotatable bonds is 8. The molecule has 1 atom stereocenters. The van der Waals surface area contributed by atoms with E-state index in [0.29, 0.717) is 0 Å². The molecule has 0 heterocycles. The van der Waals surface area contributed by atoms with E-state index in [2.05, 4.69) is 5.32 Å². The number of carbonyl (C=O) groups is 3. The fourth-order valence-electron chi connectivity index (χ4n) is 2.22. The first-order valence-corrected chi connectivity index (χ1v) is 9.19. The maximum absolute atomic E-state index is 12.8. The number of esters is 1. The van der Waals surface area contributed by atoms with Crippen LogP contribution in [-0.4, -0.2) is 49.9 Å². The van der Waals surface area contributed by atoms with E-state index < -0.39 is 11.8 Å². The number of halogens is 1. The minimum Gasteiger partial charge on any atom is -0.452 e. The highest BCUT2D eigenvalue weighted by atomic mass is 19.1. The van der Waals surface area contributed by atoms with E-state index in [9.17, 15) is 18.8 Å². The summed E-state index contributed by atoms with van der Waals surface area (Å²) in [5, 5.41) is 2.79. The molecule has 0 radical (unpaired) electrons. The summed E-state index contributed by atoms with van der Waals surface area (Å²) in [6.45, 7) is 1.55. The van der Waals surface area contributed by atoms with Crippen molar-refractivity contribution in [1.29, 1.82) is 0 Å². The molecule has 0 bridgehead atoms. The SMILES string of the molecule is CC(CCc1ccccc1)NC(=O)COC(=O)c1ccc(F)cc1.CN(C)C=O. The Bertz CT molecular complexity index is 764. The van der Waals surface area contributed by atoms with Gasteiger partial charge in [-0.25, -0.2) is 9.18 Å². The van der Waals surface area contributed by atoms with Gasteiger partial charge in [0.25, 0.3) is 5.91 Å². The molecule has 6 nitrogen and oxygen atoms in total. The zero-order valence-corrected chi connectivity index (χ0v) is 16.9. The molecular formula is C22H27FN2O4. The van der Waals surface area contributed by atoms with E-state index in [0.717, 1.165) is 19.3 Å². The molecular weight excluding hydrogens is 375 g/mol. The molecule has 0 spiro atoms. The average Bonchev–Trinajstić information content (AvgIpc) is 2.72. The van der Waals surface area contributed by atoms with Crippen LogP contribution in [0.3, 0.4) is 0 Å².